The molecule has 0 aromatic heterocycles. The summed E-state index contributed by atoms with van der Waals surface area (Å²) in [6, 6.07) is 5.93. The van der Waals surface area contributed by atoms with E-state index in [-0.39, 0.29) is 25.8 Å². The highest BCUT2D eigenvalue weighted by Gasteiger charge is 2.28. The van der Waals surface area contributed by atoms with Crippen molar-refractivity contribution in [1.82, 2.24) is 0 Å². The van der Waals surface area contributed by atoms with Crippen LogP contribution in [0.15, 0.2) is 18.2 Å². The first-order chi connectivity index (χ1) is 10.6. The Morgan fingerprint density at radius 1 is 1.00 bits per heavy atom. The molecule has 124 valence electrons. The molecule has 0 spiro atoms. The second-order valence-electron chi connectivity index (χ2n) is 5.73. The van der Waals surface area contributed by atoms with E-state index in [0.29, 0.717) is 5.92 Å². The summed E-state index contributed by atoms with van der Waals surface area (Å²) in [4.78, 5) is 0. The van der Waals surface area contributed by atoms with Gasteiger partial charge in [-0.2, -0.15) is 0 Å². The first-order valence-corrected chi connectivity index (χ1v) is 7.67. The van der Waals surface area contributed by atoms with Gasteiger partial charge in [0.25, 0.3) is 0 Å². The lowest BCUT2D eigenvalue weighted by Gasteiger charge is -2.33. The van der Waals surface area contributed by atoms with E-state index in [1.807, 2.05) is 12.1 Å². The van der Waals surface area contributed by atoms with Crippen LogP contribution in [0, 0.1) is 0 Å². The van der Waals surface area contributed by atoms with E-state index < -0.39 is 0 Å². The fraction of sp³-hybridized carbons (Fsp3) is 0.647. The van der Waals surface area contributed by atoms with Crippen molar-refractivity contribution in [2.75, 3.05) is 27.8 Å². The monoisotopic (exact) mass is 310 g/mol. The van der Waals surface area contributed by atoms with Gasteiger partial charge in [-0.3, -0.25) is 0 Å². The zero-order chi connectivity index (χ0) is 15.9. The number of hydrogen-bond acceptors (Lipinski definition) is 5. The van der Waals surface area contributed by atoms with Crippen LogP contribution in [-0.2, 0) is 14.2 Å². The Hall–Kier alpha value is -1.30. The van der Waals surface area contributed by atoms with Gasteiger partial charge in [0.05, 0.1) is 12.2 Å². The summed E-state index contributed by atoms with van der Waals surface area (Å²) in [5.41, 5.74) is 1.18. The van der Waals surface area contributed by atoms with E-state index in [0.717, 1.165) is 24.3 Å². The molecule has 1 heterocycles. The van der Waals surface area contributed by atoms with Crippen LogP contribution in [0.25, 0.3) is 0 Å². The highest BCUT2D eigenvalue weighted by atomic mass is 16.7. The molecule has 1 aliphatic rings. The van der Waals surface area contributed by atoms with Crippen molar-refractivity contribution in [1.29, 1.82) is 0 Å². The van der Waals surface area contributed by atoms with Gasteiger partial charge < -0.3 is 23.7 Å². The third-order valence-electron chi connectivity index (χ3n) is 3.80. The van der Waals surface area contributed by atoms with Crippen LogP contribution in [0.5, 0.6) is 11.5 Å². The van der Waals surface area contributed by atoms with Crippen LogP contribution in [0.1, 0.15) is 38.2 Å². The Labute approximate surface area is 132 Å². The summed E-state index contributed by atoms with van der Waals surface area (Å²) in [5, 5.41) is 0. The maximum atomic E-state index is 5.83. The normalized spacial score (nSPS) is 25.0. The van der Waals surface area contributed by atoms with Crippen LogP contribution < -0.4 is 9.47 Å². The van der Waals surface area contributed by atoms with Crippen molar-refractivity contribution in [2.45, 2.75) is 44.8 Å². The molecule has 0 N–H and O–H groups in total. The maximum Gasteiger partial charge on any atom is 0.188 e. The molecule has 0 saturated carbocycles. The molecule has 0 aliphatic carbocycles. The fourth-order valence-electron chi connectivity index (χ4n) is 2.98. The lowest BCUT2D eigenvalue weighted by Crippen LogP contribution is -2.28. The van der Waals surface area contributed by atoms with Gasteiger partial charge in [-0.15, -0.1) is 0 Å². The van der Waals surface area contributed by atoms with Crippen molar-refractivity contribution in [2.24, 2.45) is 0 Å². The van der Waals surface area contributed by atoms with E-state index in [1.54, 1.807) is 14.2 Å². The molecule has 1 saturated heterocycles. The van der Waals surface area contributed by atoms with Gasteiger partial charge >= 0.3 is 0 Å². The Bertz CT molecular complexity index is 452. The smallest absolute Gasteiger partial charge is 0.188 e. The number of hydrogen-bond donors (Lipinski definition) is 0. The summed E-state index contributed by atoms with van der Waals surface area (Å²) in [7, 11) is 3.21. The first-order valence-electron chi connectivity index (χ1n) is 7.67. The van der Waals surface area contributed by atoms with Gasteiger partial charge in [0.15, 0.2) is 13.6 Å². The van der Waals surface area contributed by atoms with Crippen molar-refractivity contribution in [3.05, 3.63) is 23.8 Å². The first kappa shape index (κ1) is 17.1. The quantitative estimate of drug-likeness (QED) is 0.723. The van der Waals surface area contributed by atoms with Crippen molar-refractivity contribution in [3.63, 3.8) is 0 Å². The molecule has 5 heteroatoms. The Balaban J connectivity index is 2.20. The summed E-state index contributed by atoms with van der Waals surface area (Å²) >= 11 is 0. The summed E-state index contributed by atoms with van der Waals surface area (Å²) in [6.07, 6.45) is 2.50. The largest absolute Gasteiger partial charge is 0.467 e. The third kappa shape index (κ3) is 4.60. The van der Waals surface area contributed by atoms with E-state index in [2.05, 4.69) is 19.9 Å². The van der Waals surface area contributed by atoms with E-state index in [1.165, 1.54) is 5.56 Å². The zero-order valence-electron chi connectivity index (χ0n) is 13.8. The lowest BCUT2D eigenvalue weighted by molar-refractivity contribution is -0.0386. The van der Waals surface area contributed by atoms with Crippen molar-refractivity contribution in [3.8, 4) is 11.5 Å². The minimum Gasteiger partial charge on any atom is -0.467 e. The highest BCUT2D eigenvalue weighted by Crippen LogP contribution is 2.39. The van der Waals surface area contributed by atoms with E-state index in [9.17, 15) is 0 Å². The molecule has 1 unspecified atom stereocenters. The van der Waals surface area contributed by atoms with Crippen molar-refractivity contribution >= 4 is 0 Å². The molecule has 0 amide bonds. The molecule has 22 heavy (non-hydrogen) atoms. The van der Waals surface area contributed by atoms with Gasteiger partial charge in [0, 0.05) is 20.3 Å². The molecule has 1 aliphatic heterocycles. The van der Waals surface area contributed by atoms with Crippen LogP contribution in [-0.4, -0.2) is 40.0 Å². The fourth-order valence-corrected chi connectivity index (χ4v) is 2.98. The van der Waals surface area contributed by atoms with Crippen molar-refractivity contribution < 1.29 is 23.7 Å². The Kier molecular flexibility index (Phi) is 6.49. The topological polar surface area (TPSA) is 46.2 Å². The maximum absolute atomic E-state index is 5.83. The molecule has 3 atom stereocenters. The Morgan fingerprint density at radius 2 is 1.64 bits per heavy atom. The molecular formula is C17H26O5. The SMILES string of the molecule is COCOc1ccc(C2C[C@@H](C)O[C@@H](C)C2)c(OCOC)c1. The highest BCUT2D eigenvalue weighted by molar-refractivity contribution is 5.43. The van der Waals surface area contributed by atoms with Crippen LogP contribution >= 0.6 is 0 Å². The van der Waals surface area contributed by atoms with Gasteiger partial charge in [0.1, 0.15) is 11.5 Å². The molecule has 5 nitrogen and oxygen atoms in total. The number of benzene rings is 1. The average Bonchev–Trinajstić information content (AvgIpc) is 2.50. The summed E-state index contributed by atoms with van der Waals surface area (Å²) in [6.45, 7) is 4.67. The molecule has 0 radical (unpaired) electrons. The second-order valence-corrected chi connectivity index (χ2v) is 5.73. The van der Waals surface area contributed by atoms with Gasteiger partial charge in [-0.25, -0.2) is 0 Å². The molecular weight excluding hydrogens is 284 g/mol. The number of methoxy groups -OCH3 is 2. The third-order valence-corrected chi connectivity index (χ3v) is 3.80. The zero-order valence-corrected chi connectivity index (χ0v) is 13.8. The van der Waals surface area contributed by atoms with Crippen LogP contribution in [0.2, 0.25) is 0 Å². The molecule has 1 aromatic rings. The lowest BCUT2D eigenvalue weighted by atomic mass is 9.86. The predicted octanol–water partition coefficient (Wildman–Crippen LogP) is 3.32. The Morgan fingerprint density at radius 3 is 2.27 bits per heavy atom. The summed E-state index contributed by atoms with van der Waals surface area (Å²) in [5.74, 6) is 1.95. The summed E-state index contributed by atoms with van der Waals surface area (Å²) < 4.78 is 27.0. The van der Waals surface area contributed by atoms with Gasteiger partial charge in [-0.05, 0) is 44.2 Å². The van der Waals surface area contributed by atoms with Crippen LogP contribution in [0.3, 0.4) is 0 Å². The predicted molar refractivity (Wildman–Crippen MR) is 83.4 cm³/mol. The molecule has 0 bridgehead atoms. The molecule has 1 aromatic carbocycles. The minimum absolute atomic E-state index is 0.217. The number of ether oxygens (including phenoxy) is 5. The van der Waals surface area contributed by atoms with Gasteiger partial charge in [-0.1, -0.05) is 6.07 Å². The minimum atomic E-state index is 0.217. The van der Waals surface area contributed by atoms with E-state index >= 15 is 0 Å². The standard InChI is InChI=1S/C17H26O5/c1-12-7-14(8-13(2)22-12)16-6-5-15(20-10-18-3)9-17(16)21-11-19-4/h5-6,9,12-14H,7-8,10-11H2,1-4H3/t12-,13+,14?. The molecule has 2 rings (SSSR count). The average molecular weight is 310 g/mol. The van der Waals surface area contributed by atoms with Crippen LogP contribution in [0.4, 0.5) is 0 Å². The van der Waals surface area contributed by atoms with Gasteiger partial charge in [0.2, 0.25) is 0 Å². The second kappa shape index (κ2) is 8.36. The van der Waals surface area contributed by atoms with E-state index in [4.69, 9.17) is 23.7 Å². The molecule has 1 fully saturated rings. The number of rotatable bonds is 7.